The highest BCUT2D eigenvalue weighted by molar-refractivity contribution is 4.63. The van der Waals surface area contributed by atoms with Crippen LogP contribution in [0.15, 0.2) is 9.21 Å². The number of aromatic nitrogens is 6. The van der Waals surface area contributed by atoms with E-state index in [-0.39, 0.29) is 0 Å². The molecule has 0 bridgehead atoms. The lowest BCUT2D eigenvalue weighted by Crippen LogP contribution is -1.93. The number of hydrogen-bond acceptors (Lipinski definition) is 6. The molecular formula is C5H8N6O2. The van der Waals surface area contributed by atoms with E-state index in [2.05, 4.69) is 35.2 Å². The molecule has 0 spiro atoms. The Bertz CT molecular complexity index is 387. The molecule has 0 saturated carbocycles. The van der Waals surface area contributed by atoms with E-state index in [1.165, 1.54) is 0 Å². The first kappa shape index (κ1) is 9.10. The van der Waals surface area contributed by atoms with Crippen LogP contribution < -0.4 is 5.76 Å². The molecule has 2 aromatic rings. The average molecular weight is 184 g/mol. The predicted octanol–water partition coefficient (Wildman–Crippen LogP) is -0.821. The summed E-state index contributed by atoms with van der Waals surface area (Å²) in [5.74, 6) is 0.539. The van der Waals surface area contributed by atoms with E-state index < -0.39 is 5.76 Å². The second-order valence-corrected chi connectivity index (χ2v) is 2.09. The summed E-state index contributed by atoms with van der Waals surface area (Å²) in [6.45, 7) is 3.36. The Morgan fingerprint density at radius 2 is 2.08 bits per heavy atom. The number of H-pyrrole nitrogens is 2. The number of rotatable bonds is 0. The Labute approximate surface area is 72.4 Å². The molecule has 0 unspecified atom stereocenters. The van der Waals surface area contributed by atoms with Crippen LogP contribution in [0.25, 0.3) is 0 Å². The summed E-state index contributed by atoms with van der Waals surface area (Å²) < 4.78 is 4.36. The molecule has 0 aliphatic rings. The van der Waals surface area contributed by atoms with Crippen LogP contribution in [0.1, 0.15) is 11.7 Å². The molecule has 0 aliphatic carbocycles. The highest BCUT2D eigenvalue weighted by Gasteiger charge is 1.86. The summed E-state index contributed by atoms with van der Waals surface area (Å²) in [5, 5.41) is 18.2. The second-order valence-electron chi connectivity index (χ2n) is 2.09. The molecule has 13 heavy (non-hydrogen) atoms. The van der Waals surface area contributed by atoms with Gasteiger partial charge in [0, 0.05) is 6.92 Å². The number of tetrazole rings is 1. The molecule has 8 heteroatoms. The van der Waals surface area contributed by atoms with Gasteiger partial charge in [0.15, 0.2) is 5.82 Å². The first-order chi connectivity index (χ1) is 6.18. The minimum atomic E-state index is -0.502. The van der Waals surface area contributed by atoms with Crippen LogP contribution in [0, 0.1) is 13.8 Å². The predicted molar refractivity (Wildman–Crippen MR) is 40.8 cm³/mol. The lowest BCUT2D eigenvalue weighted by molar-refractivity contribution is 0.483. The summed E-state index contributed by atoms with van der Waals surface area (Å²) in [6, 6.07) is 0. The largest absolute Gasteiger partial charge is 0.434 e. The summed E-state index contributed by atoms with van der Waals surface area (Å²) in [4.78, 5) is 10.0. The minimum absolute atomic E-state index is 0.366. The van der Waals surface area contributed by atoms with Gasteiger partial charge in [0.1, 0.15) is 0 Å². The second kappa shape index (κ2) is 4.14. The van der Waals surface area contributed by atoms with E-state index in [1.54, 1.807) is 13.8 Å². The van der Waals surface area contributed by atoms with E-state index in [4.69, 9.17) is 0 Å². The Balaban J connectivity index is 0.000000132. The van der Waals surface area contributed by atoms with Gasteiger partial charge in [-0.3, -0.25) is 0 Å². The van der Waals surface area contributed by atoms with Crippen LogP contribution in [0.3, 0.4) is 0 Å². The van der Waals surface area contributed by atoms with Crippen molar-refractivity contribution in [2.24, 2.45) is 0 Å². The van der Waals surface area contributed by atoms with E-state index in [0.29, 0.717) is 11.7 Å². The van der Waals surface area contributed by atoms with Gasteiger partial charge in [-0.2, -0.15) is 5.21 Å². The molecule has 0 atom stereocenters. The molecule has 0 saturated heterocycles. The zero-order valence-corrected chi connectivity index (χ0v) is 7.11. The molecule has 2 aromatic heterocycles. The van der Waals surface area contributed by atoms with Crippen LogP contribution in [0.5, 0.6) is 0 Å². The summed E-state index contributed by atoms with van der Waals surface area (Å²) >= 11 is 0. The molecule has 0 aliphatic heterocycles. The maximum absolute atomic E-state index is 10.0. The van der Waals surface area contributed by atoms with Crippen molar-refractivity contribution in [2.75, 3.05) is 0 Å². The van der Waals surface area contributed by atoms with E-state index >= 15 is 0 Å². The quantitative estimate of drug-likeness (QED) is 0.553. The van der Waals surface area contributed by atoms with Gasteiger partial charge >= 0.3 is 5.76 Å². The highest BCUT2D eigenvalue weighted by atomic mass is 16.4. The Morgan fingerprint density at radius 3 is 2.23 bits per heavy atom. The third-order valence-electron chi connectivity index (χ3n) is 0.996. The van der Waals surface area contributed by atoms with Crippen LogP contribution in [-0.2, 0) is 0 Å². The van der Waals surface area contributed by atoms with Gasteiger partial charge in [0.2, 0.25) is 5.89 Å². The molecule has 0 fully saturated rings. The van der Waals surface area contributed by atoms with Crippen molar-refractivity contribution < 1.29 is 4.42 Å². The van der Waals surface area contributed by atoms with Gasteiger partial charge in [-0.05, 0) is 6.92 Å². The lowest BCUT2D eigenvalue weighted by atomic mass is 10.8. The maximum atomic E-state index is 10.0. The first-order valence-corrected chi connectivity index (χ1v) is 3.40. The summed E-state index contributed by atoms with van der Waals surface area (Å²) in [6.07, 6.45) is 0. The van der Waals surface area contributed by atoms with Crippen molar-refractivity contribution in [3.8, 4) is 0 Å². The minimum Gasteiger partial charge on any atom is -0.393 e. The molecule has 2 rings (SSSR count). The molecule has 2 heterocycles. The first-order valence-electron chi connectivity index (χ1n) is 3.40. The van der Waals surface area contributed by atoms with Crippen molar-refractivity contribution >= 4 is 0 Å². The Hall–Kier alpha value is -1.99. The van der Waals surface area contributed by atoms with Crippen LogP contribution >= 0.6 is 0 Å². The van der Waals surface area contributed by atoms with Gasteiger partial charge in [-0.1, -0.05) is 5.21 Å². The van der Waals surface area contributed by atoms with Gasteiger partial charge in [0.25, 0.3) is 0 Å². The lowest BCUT2D eigenvalue weighted by Gasteiger charge is -1.63. The fourth-order valence-electron chi connectivity index (χ4n) is 0.516. The summed E-state index contributed by atoms with van der Waals surface area (Å²) in [5.41, 5.74) is 0. The molecular weight excluding hydrogens is 176 g/mol. The summed E-state index contributed by atoms with van der Waals surface area (Å²) in [7, 11) is 0. The van der Waals surface area contributed by atoms with E-state index in [1.807, 2.05) is 0 Å². The van der Waals surface area contributed by atoms with E-state index in [0.717, 1.165) is 0 Å². The Morgan fingerprint density at radius 1 is 1.31 bits per heavy atom. The van der Waals surface area contributed by atoms with Crippen molar-refractivity contribution in [3.05, 3.63) is 22.3 Å². The Kier molecular flexibility index (Phi) is 2.90. The molecule has 0 aromatic carbocycles. The molecule has 0 amide bonds. The number of nitrogens with zero attached hydrogens (tertiary/aromatic N) is 4. The van der Waals surface area contributed by atoms with Crippen molar-refractivity contribution in [1.82, 2.24) is 30.8 Å². The van der Waals surface area contributed by atoms with Crippen LogP contribution in [0.2, 0.25) is 0 Å². The molecule has 8 nitrogen and oxygen atoms in total. The smallest absolute Gasteiger partial charge is 0.393 e. The van der Waals surface area contributed by atoms with E-state index in [9.17, 15) is 4.79 Å². The van der Waals surface area contributed by atoms with Gasteiger partial charge in [-0.25, -0.2) is 9.89 Å². The van der Waals surface area contributed by atoms with Crippen LogP contribution in [0.4, 0.5) is 0 Å². The molecule has 70 valence electrons. The van der Waals surface area contributed by atoms with Gasteiger partial charge in [0.05, 0.1) is 0 Å². The molecule has 2 N–H and O–H groups in total. The number of aromatic amines is 2. The topological polar surface area (TPSA) is 113 Å². The SMILES string of the molecule is Cc1n[nH]c(=O)o1.Cc1nn[nH]n1. The number of aryl methyl sites for hydroxylation is 2. The average Bonchev–Trinajstić information content (AvgIpc) is 2.64. The standard InChI is InChI=1S/C3H4N2O2.C2H4N4/c1-2-4-5-3(6)7-2;1-2-3-5-6-4-2/h1H3,(H,5,6);1H3,(H,3,4,5,6). The maximum Gasteiger partial charge on any atom is 0.434 e. The van der Waals surface area contributed by atoms with Gasteiger partial charge < -0.3 is 4.42 Å². The van der Waals surface area contributed by atoms with Crippen LogP contribution in [-0.4, -0.2) is 30.8 Å². The zero-order chi connectivity index (χ0) is 9.68. The van der Waals surface area contributed by atoms with Gasteiger partial charge in [-0.15, -0.1) is 15.3 Å². The third-order valence-corrected chi connectivity index (χ3v) is 0.996. The van der Waals surface area contributed by atoms with Crippen molar-refractivity contribution in [3.63, 3.8) is 0 Å². The fraction of sp³-hybridized carbons (Fsp3) is 0.400. The van der Waals surface area contributed by atoms with Crippen molar-refractivity contribution in [2.45, 2.75) is 13.8 Å². The highest BCUT2D eigenvalue weighted by Crippen LogP contribution is 1.76. The zero-order valence-electron chi connectivity index (χ0n) is 7.11. The third kappa shape index (κ3) is 3.27. The number of hydrogen-bond donors (Lipinski definition) is 2. The van der Waals surface area contributed by atoms with Crippen molar-refractivity contribution in [1.29, 1.82) is 0 Å². The normalized spacial score (nSPS) is 9.08. The number of nitrogens with one attached hydrogen (secondary N) is 2. The molecule has 0 radical (unpaired) electrons. The monoisotopic (exact) mass is 184 g/mol. The fourth-order valence-corrected chi connectivity index (χ4v) is 0.516.